The van der Waals surface area contributed by atoms with E-state index in [1.165, 1.54) is 0 Å². The second kappa shape index (κ2) is 9.14. The van der Waals surface area contributed by atoms with Gasteiger partial charge in [-0.25, -0.2) is 8.42 Å². The standard InChI is InChI=1S/C17H30N2O6S/c1-3-13-4-6-14(7-5-13)17(22)18-8-9-25-15(10-18)11-19(12-16(20)21)26(2,23)24/h13-15H,3-12H2,1-2H3,(H,20,21). The quantitative estimate of drug-likeness (QED) is 0.689. The van der Waals surface area contributed by atoms with E-state index in [2.05, 4.69) is 6.92 Å². The van der Waals surface area contributed by atoms with Gasteiger partial charge in [-0.1, -0.05) is 13.3 Å². The van der Waals surface area contributed by atoms with E-state index < -0.39 is 28.6 Å². The number of amides is 1. The number of sulfonamides is 1. The van der Waals surface area contributed by atoms with Gasteiger partial charge < -0.3 is 14.7 Å². The van der Waals surface area contributed by atoms with Crippen LogP contribution in [0.25, 0.3) is 0 Å². The van der Waals surface area contributed by atoms with Crippen LogP contribution >= 0.6 is 0 Å². The van der Waals surface area contributed by atoms with Crippen molar-refractivity contribution in [2.24, 2.45) is 11.8 Å². The van der Waals surface area contributed by atoms with Gasteiger partial charge in [0, 0.05) is 25.6 Å². The van der Waals surface area contributed by atoms with Gasteiger partial charge in [-0.2, -0.15) is 4.31 Å². The van der Waals surface area contributed by atoms with Crippen LogP contribution in [-0.4, -0.2) is 79.8 Å². The fourth-order valence-electron chi connectivity index (χ4n) is 3.80. The van der Waals surface area contributed by atoms with E-state index in [-0.39, 0.29) is 18.4 Å². The van der Waals surface area contributed by atoms with Crippen LogP contribution < -0.4 is 0 Å². The summed E-state index contributed by atoms with van der Waals surface area (Å²) in [5.74, 6) is -0.332. The van der Waals surface area contributed by atoms with E-state index in [1.54, 1.807) is 4.90 Å². The molecular formula is C17H30N2O6S. The lowest BCUT2D eigenvalue weighted by molar-refractivity contribution is -0.145. The molecule has 150 valence electrons. The smallest absolute Gasteiger partial charge is 0.318 e. The van der Waals surface area contributed by atoms with Gasteiger partial charge in [-0.3, -0.25) is 9.59 Å². The lowest BCUT2D eigenvalue weighted by atomic mass is 9.80. The summed E-state index contributed by atoms with van der Waals surface area (Å²) in [6, 6.07) is 0. The van der Waals surface area contributed by atoms with Crippen molar-refractivity contribution in [2.45, 2.75) is 45.1 Å². The second-order valence-corrected chi connectivity index (χ2v) is 9.33. The molecule has 1 aliphatic heterocycles. The highest BCUT2D eigenvalue weighted by atomic mass is 32.2. The Balaban J connectivity index is 1.93. The highest BCUT2D eigenvalue weighted by molar-refractivity contribution is 7.88. The molecule has 0 radical (unpaired) electrons. The maximum Gasteiger partial charge on any atom is 0.318 e. The van der Waals surface area contributed by atoms with Crippen LogP contribution in [0.3, 0.4) is 0 Å². The van der Waals surface area contributed by atoms with Gasteiger partial charge in [0.05, 0.1) is 19.0 Å². The first kappa shape index (κ1) is 21.1. The maximum absolute atomic E-state index is 12.8. The molecule has 0 aromatic heterocycles. The van der Waals surface area contributed by atoms with Crippen molar-refractivity contribution in [1.29, 1.82) is 0 Å². The molecule has 1 unspecified atom stereocenters. The molecule has 1 saturated heterocycles. The molecule has 0 aromatic rings. The van der Waals surface area contributed by atoms with Gasteiger partial charge in [-0.05, 0) is 31.6 Å². The monoisotopic (exact) mass is 390 g/mol. The molecule has 1 saturated carbocycles. The third-order valence-corrected chi connectivity index (χ3v) is 6.63. The number of ether oxygens (including phenoxy) is 1. The minimum absolute atomic E-state index is 0.0431. The fourth-order valence-corrected chi connectivity index (χ4v) is 4.58. The molecule has 9 heteroatoms. The highest BCUT2D eigenvalue weighted by Gasteiger charge is 2.33. The number of carbonyl (C=O) groups is 2. The van der Waals surface area contributed by atoms with E-state index in [9.17, 15) is 18.0 Å². The van der Waals surface area contributed by atoms with Crippen molar-refractivity contribution in [2.75, 3.05) is 39.0 Å². The number of carboxylic acid groups (broad SMARTS) is 1. The number of hydrogen-bond donors (Lipinski definition) is 1. The molecule has 8 nitrogen and oxygen atoms in total. The lowest BCUT2D eigenvalue weighted by Crippen LogP contribution is -2.52. The molecule has 1 aliphatic carbocycles. The summed E-state index contributed by atoms with van der Waals surface area (Å²) in [5.41, 5.74) is 0. The van der Waals surface area contributed by atoms with Gasteiger partial charge in [0.15, 0.2) is 0 Å². The Morgan fingerprint density at radius 1 is 1.23 bits per heavy atom. The topological polar surface area (TPSA) is 104 Å². The third-order valence-electron chi connectivity index (χ3n) is 5.41. The Hall–Kier alpha value is -1.19. The summed E-state index contributed by atoms with van der Waals surface area (Å²) in [6.07, 6.45) is 5.62. The number of rotatable bonds is 7. The zero-order chi connectivity index (χ0) is 19.3. The van der Waals surface area contributed by atoms with Crippen molar-refractivity contribution in [3.63, 3.8) is 0 Å². The van der Waals surface area contributed by atoms with E-state index in [4.69, 9.17) is 9.84 Å². The van der Waals surface area contributed by atoms with Crippen LogP contribution in [0.15, 0.2) is 0 Å². The predicted octanol–water partition coefficient (Wildman–Crippen LogP) is 0.776. The van der Waals surface area contributed by atoms with Crippen LogP contribution in [-0.2, 0) is 24.3 Å². The van der Waals surface area contributed by atoms with Crippen LogP contribution in [0.5, 0.6) is 0 Å². The van der Waals surface area contributed by atoms with Crippen molar-refractivity contribution >= 4 is 21.9 Å². The molecule has 0 bridgehead atoms. The summed E-state index contributed by atoms with van der Waals surface area (Å²) in [5, 5.41) is 8.92. The molecule has 0 aromatic carbocycles. The zero-order valence-electron chi connectivity index (χ0n) is 15.6. The Morgan fingerprint density at radius 3 is 2.42 bits per heavy atom. The average molecular weight is 391 g/mol. The van der Waals surface area contributed by atoms with Crippen LogP contribution in [0.2, 0.25) is 0 Å². The zero-order valence-corrected chi connectivity index (χ0v) is 16.4. The fraction of sp³-hybridized carbons (Fsp3) is 0.882. The molecule has 2 aliphatic rings. The van der Waals surface area contributed by atoms with Gasteiger partial charge in [0.1, 0.15) is 6.54 Å². The number of carboxylic acids is 1. The van der Waals surface area contributed by atoms with Crippen molar-refractivity contribution in [3.05, 3.63) is 0 Å². The molecule has 0 spiro atoms. The first-order chi connectivity index (χ1) is 12.2. The van der Waals surface area contributed by atoms with Crippen molar-refractivity contribution in [1.82, 2.24) is 9.21 Å². The summed E-state index contributed by atoms with van der Waals surface area (Å²) in [4.78, 5) is 25.5. The van der Waals surface area contributed by atoms with E-state index in [0.717, 1.165) is 48.6 Å². The Morgan fingerprint density at radius 2 is 1.88 bits per heavy atom. The van der Waals surface area contributed by atoms with Crippen LogP contribution in [0.1, 0.15) is 39.0 Å². The summed E-state index contributed by atoms with van der Waals surface area (Å²) < 4.78 is 30.1. The van der Waals surface area contributed by atoms with Crippen LogP contribution in [0.4, 0.5) is 0 Å². The molecule has 1 atom stereocenters. The van der Waals surface area contributed by atoms with Crippen LogP contribution in [0, 0.1) is 11.8 Å². The normalized spacial score (nSPS) is 27.5. The number of aliphatic carboxylic acids is 1. The van der Waals surface area contributed by atoms with E-state index in [0.29, 0.717) is 19.7 Å². The number of hydrogen-bond acceptors (Lipinski definition) is 5. The maximum atomic E-state index is 12.8. The van der Waals surface area contributed by atoms with Gasteiger partial charge in [0.25, 0.3) is 0 Å². The van der Waals surface area contributed by atoms with Gasteiger partial charge in [-0.15, -0.1) is 0 Å². The van der Waals surface area contributed by atoms with E-state index >= 15 is 0 Å². The summed E-state index contributed by atoms with van der Waals surface area (Å²) in [7, 11) is -3.66. The molecule has 1 N–H and O–H groups in total. The molecular weight excluding hydrogens is 360 g/mol. The predicted molar refractivity (Wildman–Crippen MR) is 96.1 cm³/mol. The highest BCUT2D eigenvalue weighted by Crippen LogP contribution is 2.32. The minimum atomic E-state index is -3.66. The third kappa shape index (κ3) is 5.92. The summed E-state index contributed by atoms with van der Waals surface area (Å²) in [6.45, 7) is 2.67. The first-order valence-corrected chi connectivity index (χ1v) is 11.1. The minimum Gasteiger partial charge on any atom is -0.480 e. The van der Waals surface area contributed by atoms with E-state index in [1.807, 2.05) is 0 Å². The largest absolute Gasteiger partial charge is 0.480 e. The first-order valence-electron chi connectivity index (χ1n) is 9.28. The SMILES string of the molecule is CCC1CCC(C(=O)N2CCOC(CN(CC(=O)O)S(C)(=O)=O)C2)CC1. The average Bonchev–Trinajstić information content (AvgIpc) is 2.60. The number of nitrogens with zero attached hydrogens (tertiary/aromatic N) is 2. The van der Waals surface area contributed by atoms with Crippen molar-refractivity contribution in [3.8, 4) is 0 Å². The molecule has 1 amide bonds. The van der Waals surface area contributed by atoms with Gasteiger partial charge in [0.2, 0.25) is 15.9 Å². The molecule has 2 fully saturated rings. The summed E-state index contributed by atoms with van der Waals surface area (Å²) >= 11 is 0. The molecule has 26 heavy (non-hydrogen) atoms. The Labute approximate surface area is 155 Å². The Bertz CT molecular complexity index is 600. The number of morpholine rings is 1. The van der Waals surface area contributed by atoms with Crippen molar-refractivity contribution < 1.29 is 27.9 Å². The van der Waals surface area contributed by atoms with Gasteiger partial charge >= 0.3 is 5.97 Å². The molecule has 1 heterocycles. The number of carbonyl (C=O) groups excluding carboxylic acids is 1. The Kier molecular flexibility index (Phi) is 7.42. The molecule has 2 rings (SSSR count). The lowest BCUT2D eigenvalue weighted by Gasteiger charge is -2.38. The second-order valence-electron chi connectivity index (χ2n) is 7.35.